The van der Waals surface area contributed by atoms with Crippen LogP contribution in [0.25, 0.3) is 88.0 Å². The molecule has 0 fully saturated rings. The SMILES string of the molecule is c1ccc(-c2ccccc2-c2ccc(-n3c4ccccc4c4c3ccc3c5ccccc5n(-c5ccc6ccccc6c5)c34)cc2)cc1. The van der Waals surface area contributed by atoms with Gasteiger partial charge in [-0.2, -0.15) is 0 Å². The van der Waals surface area contributed by atoms with Gasteiger partial charge < -0.3 is 9.13 Å². The first-order chi connectivity index (χ1) is 23.8. The minimum atomic E-state index is 1.15. The Morgan fingerprint density at radius 2 is 0.896 bits per heavy atom. The van der Waals surface area contributed by atoms with Crippen LogP contribution in [0.4, 0.5) is 0 Å². The van der Waals surface area contributed by atoms with E-state index in [-0.39, 0.29) is 0 Å². The fraction of sp³-hybridized carbons (Fsp3) is 0. The Morgan fingerprint density at radius 1 is 0.312 bits per heavy atom. The molecule has 2 heteroatoms. The lowest BCUT2D eigenvalue weighted by atomic mass is 9.94. The van der Waals surface area contributed by atoms with Gasteiger partial charge in [-0.05, 0) is 75.5 Å². The maximum atomic E-state index is 2.47. The predicted octanol–water partition coefficient (Wildman–Crippen LogP) is 12.4. The third-order valence-electron chi connectivity index (χ3n) is 9.91. The Morgan fingerprint density at radius 3 is 1.67 bits per heavy atom. The number of hydrogen-bond donors (Lipinski definition) is 0. The molecule has 0 aliphatic rings. The molecule has 0 unspecified atom stereocenters. The zero-order chi connectivity index (χ0) is 31.6. The summed E-state index contributed by atoms with van der Waals surface area (Å²) in [5, 5.41) is 7.54. The molecule has 2 aromatic heterocycles. The van der Waals surface area contributed by atoms with Gasteiger partial charge in [0.2, 0.25) is 0 Å². The van der Waals surface area contributed by atoms with Gasteiger partial charge in [0.25, 0.3) is 0 Å². The molecule has 0 amide bonds. The number of benzene rings is 8. The zero-order valence-electron chi connectivity index (χ0n) is 26.2. The van der Waals surface area contributed by atoms with E-state index < -0.39 is 0 Å². The van der Waals surface area contributed by atoms with E-state index in [0.29, 0.717) is 0 Å². The van der Waals surface area contributed by atoms with E-state index >= 15 is 0 Å². The molecule has 2 nitrogen and oxygen atoms in total. The van der Waals surface area contributed by atoms with E-state index in [1.54, 1.807) is 0 Å². The lowest BCUT2D eigenvalue weighted by Crippen LogP contribution is -1.96. The third kappa shape index (κ3) is 4.00. The third-order valence-corrected chi connectivity index (χ3v) is 9.91. The lowest BCUT2D eigenvalue weighted by Gasteiger charge is -2.13. The number of nitrogens with zero attached hydrogens (tertiary/aromatic N) is 2. The highest BCUT2D eigenvalue weighted by molar-refractivity contribution is 6.26. The molecule has 0 saturated heterocycles. The van der Waals surface area contributed by atoms with Crippen molar-refractivity contribution in [1.82, 2.24) is 9.13 Å². The first-order valence-electron chi connectivity index (χ1n) is 16.5. The highest BCUT2D eigenvalue weighted by Crippen LogP contribution is 2.42. The molecule has 10 rings (SSSR count). The van der Waals surface area contributed by atoms with Crippen molar-refractivity contribution < 1.29 is 0 Å². The van der Waals surface area contributed by atoms with Crippen LogP contribution >= 0.6 is 0 Å². The molecule has 0 saturated carbocycles. The number of fused-ring (bicyclic) bond motifs is 8. The average Bonchev–Trinajstić information content (AvgIpc) is 3.68. The summed E-state index contributed by atoms with van der Waals surface area (Å²) in [6, 6.07) is 66.1. The van der Waals surface area contributed by atoms with Gasteiger partial charge in [0.15, 0.2) is 0 Å². The van der Waals surface area contributed by atoms with Crippen LogP contribution in [-0.2, 0) is 0 Å². The van der Waals surface area contributed by atoms with E-state index in [1.165, 1.54) is 82.3 Å². The molecule has 0 atom stereocenters. The van der Waals surface area contributed by atoms with Gasteiger partial charge in [-0.25, -0.2) is 0 Å². The summed E-state index contributed by atoms with van der Waals surface area (Å²) in [5.74, 6) is 0. The number of rotatable bonds is 4. The van der Waals surface area contributed by atoms with Gasteiger partial charge in [0.05, 0.1) is 22.1 Å². The minimum Gasteiger partial charge on any atom is -0.309 e. The Labute approximate surface area is 278 Å². The van der Waals surface area contributed by atoms with Gasteiger partial charge in [-0.1, -0.05) is 140 Å². The van der Waals surface area contributed by atoms with Crippen molar-refractivity contribution in [3.8, 4) is 33.6 Å². The van der Waals surface area contributed by atoms with Crippen molar-refractivity contribution >= 4 is 54.4 Å². The second kappa shape index (κ2) is 10.6. The van der Waals surface area contributed by atoms with E-state index in [9.17, 15) is 0 Å². The van der Waals surface area contributed by atoms with Gasteiger partial charge >= 0.3 is 0 Å². The molecule has 0 radical (unpaired) electrons. The minimum absolute atomic E-state index is 1.15. The molecule has 0 aliphatic carbocycles. The van der Waals surface area contributed by atoms with Gasteiger partial charge in [0, 0.05) is 32.9 Å². The fourth-order valence-electron chi connectivity index (χ4n) is 7.77. The topological polar surface area (TPSA) is 9.86 Å². The van der Waals surface area contributed by atoms with Crippen molar-refractivity contribution in [3.63, 3.8) is 0 Å². The number of para-hydroxylation sites is 2. The molecule has 48 heavy (non-hydrogen) atoms. The summed E-state index contributed by atoms with van der Waals surface area (Å²) < 4.78 is 4.90. The van der Waals surface area contributed by atoms with Gasteiger partial charge in [-0.3, -0.25) is 0 Å². The standard InChI is InChI=1S/C46H30N2/c1-2-13-32(14-3-1)37-16-6-7-17-38(37)33-23-25-35(26-24-33)47-43-21-11-9-19-41(43)45-44(47)29-28-40-39-18-8-10-20-42(39)48(46(40)45)36-27-22-31-12-4-5-15-34(31)30-36/h1-30H. The molecular weight excluding hydrogens is 581 g/mol. The summed E-state index contributed by atoms with van der Waals surface area (Å²) in [6.07, 6.45) is 0. The summed E-state index contributed by atoms with van der Waals surface area (Å²) in [4.78, 5) is 0. The van der Waals surface area contributed by atoms with Crippen LogP contribution in [0.2, 0.25) is 0 Å². The molecule has 0 spiro atoms. The largest absolute Gasteiger partial charge is 0.309 e. The summed E-state index contributed by atoms with van der Waals surface area (Å²) in [5.41, 5.74) is 12.1. The molecular formula is C46H30N2. The molecule has 2 heterocycles. The zero-order valence-corrected chi connectivity index (χ0v) is 26.2. The highest BCUT2D eigenvalue weighted by Gasteiger charge is 2.21. The van der Waals surface area contributed by atoms with Crippen LogP contribution in [0.3, 0.4) is 0 Å². The first-order valence-corrected chi connectivity index (χ1v) is 16.5. The first kappa shape index (κ1) is 26.8. The van der Waals surface area contributed by atoms with Gasteiger partial charge in [-0.15, -0.1) is 0 Å². The molecule has 10 aromatic rings. The summed E-state index contributed by atoms with van der Waals surface area (Å²) in [7, 11) is 0. The number of aromatic nitrogens is 2. The van der Waals surface area contributed by atoms with Crippen LogP contribution in [0.1, 0.15) is 0 Å². The fourth-order valence-corrected chi connectivity index (χ4v) is 7.77. The van der Waals surface area contributed by atoms with Crippen molar-refractivity contribution in [2.24, 2.45) is 0 Å². The van der Waals surface area contributed by atoms with Crippen LogP contribution < -0.4 is 0 Å². The highest BCUT2D eigenvalue weighted by atomic mass is 15.0. The van der Waals surface area contributed by atoms with E-state index in [2.05, 4.69) is 191 Å². The maximum Gasteiger partial charge on any atom is 0.0641 e. The van der Waals surface area contributed by atoms with Crippen molar-refractivity contribution in [1.29, 1.82) is 0 Å². The van der Waals surface area contributed by atoms with E-state index in [0.717, 1.165) is 5.69 Å². The second-order valence-electron chi connectivity index (χ2n) is 12.6. The molecule has 0 bridgehead atoms. The van der Waals surface area contributed by atoms with Crippen molar-refractivity contribution in [3.05, 3.63) is 182 Å². The summed E-state index contributed by atoms with van der Waals surface area (Å²) >= 11 is 0. The Balaban J connectivity index is 1.22. The second-order valence-corrected chi connectivity index (χ2v) is 12.6. The Kier molecular flexibility index (Phi) is 5.91. The summed E-state index contributed by atoms with van der Waals surface area (Å²) in [6.45, 7) is 0. The Bertz CT molecular complexity index is 2820. The van der Waals surface area contributed by atoms with Crippen LogP contribution in [0.15, 0.2) is 182 Å². The van der Waals surface area contributed by atoms with Crippen molar-refractivity contribution in [2.45, 2.75) is 0 Å². The normalized spacial score (nSPS) is 11.8. The number of hydrogen-bond acceptors (Lipinski definition) is 0. The molecule has 0 aliphatic heterocycles. The molecule has 0 N–H and O–H groups in total. The molecule has 8 aromatic carbocycles. The van der Waals surface area contributed by atoms with E-state index in [4.69, 9.17) is 0 Å². The lowest BCUT2D eigenvalue weighted by molar-refractivity contribution is 1.18. The van der Waals surface area contributed by atoms with Crippen LogP contribution in [-0.4, -0.2) is 9.13 Å². The molecule has 224 valence electrons. The Hall–Kier alpha value is -6.38. The smallest absolute Gasteiger partial charge is 0.0641 e. The van der Waals surface area contributed by atoms with Crippen LogP contribution in [0.5, 0.6) is 0 Å². The van der Waals surface area contributed by atoms with Crippen LogP contribution in [0, 0.1) is 0 Å². The van der Waals surface area contributed by atoms with Crippen molar-refractivity contribution in [2.75, 3.05) is 0 Å². The predicted molar refractivity (Wildman–Crippen MR) is 203 cm³/mol. The average molecular weight is 611 g/mol. The van der Waals surface area contributed by atoms with Gasteiger partial charge in [0.1, 0.15) is 0 Å². The maximum absolute atomic E-state index is 2.47. The monoisotopic (exact) mass is 610 g/mol. The quantitative estimate of drug-likeness (QED) is 0.188. The van der Waals surface area contributed by atoms with E-state index in [1.807, 2.05) is 0 Å².